The van der Waals surface area contributed by atoms with E-state index in [-0.39, 0.29) is 6.61 Å². The van der Waals surface area contributed by atoms with Gasteiger partial charge in [0.15, 0.2) is 0 Å². The Balaban J connectivity index is 2.36. The average molecular weight is 254 g/mol. The van der Waals surface area contributed by atoms with Gasteiger partial charge >= 0.3 is 0 Å². The van der Waals surface area contributed by atoms with E-state index in [2.05, 4.69) is 62.4 Å². The molecule has 0 fully saturated rings. The summed E-state index contributed by atoms with van der Waals surface area (Å²) in [5.41, 5.74) is 5.29. The number of aryl methyl sites for hydroxylation is 1. The first-order chi connectivity index (χ1) is 9.22. The van der Waals surface area contributed by atoms with Gasteiger partial charge in [-0.1, -0.05) is 62.4 Å². The van der Waals surface area contributed by atoms with Crippen molar-refractivity contribution in [2.24, 2.45) is 0 Å². The second kappa shape index (κ2) is 6.53. The Labute approximate surface area is 115 Å². The largest absolute Gasteiger partial charge is 0.396 e. The topological polar surface area (TPSA) is 20.2 Å². The molecule has 1 nitrogen and oxygen atoms in total. The molecular weight excluding hydrogens is 232 g/mol. The van der Waals surface area contributed by atoms with Crippen LogP contribution in [0.15, 0.2) is 48.5 Å². The molecule has 0 heterocycles. The zero-order chi connectivity index (χ0) is 13.7. The quantitative estimate of drug-likeness (QED) is 0.838. The van der Waals surface area contributed by atoms with Crippen LogP contribution in [0.4, 0.5) is 0 Å². The fourth-order valence-electron chi connectivity index (χ4n) is 2.44. The molecule has 0 aromatic heterocycles. The molecule has 0 aliphatic heterocycles. The SMILES string of the molecule is CC(C)c1ccccc1-c1cccc(CCCO)c1. The summed E-state index contributed by atoms with van der Waals surface area (Å²) in [6.07, 6.45) is 1.77. The average Bonchev–Trinajstić information content (AvgIpc) is 2.45. The van der Waals surface area contributed by atoms with E-state index in [9.17, 15) is 0 Å². The summed E-state index contributed by atoms with van der Waals surface area (Å²) in [6.45, 7) is 4.72. The molecule has 2 aromatic rings. The molecule has 0 aliphatic rings. The predicted octanol–water partition coefficient (Wildman–Crippen LogP) is 4.40. The summed E-state index contributed by atoms with van der Waals surface area (Å²) in [5, 5.41) is 8.93. The van der Waals surface area contributed by atoms with Crippen LogP contribution in [0.25, 0.3) is 11.1 Å². The zero-order valence-electron chi connectivity index (χ0n) is 11.8. The predicted molar refractivity (Wildman–Crippen MR) is 81.4 cm³/mol. The van der Waals surface area contributed by atoms with Crippen LogP contribution in [0.3, 0.4) is 0 Å². The van der Waals surface area contributed by atoms with Crippen LogP contribution in [0.1, 0.15) is 37.3 Å². The molecule has 1 heteroatoms. The third-order valence-corrected chi connectivity index (χ3v) is 3.44. The maximum absolute atomic E-state index is 8.93. The van der Waals surface area contributed by atoms with Crippen molar-refractivity contribution in [3.8, 4) is 11.1 Å². The highest BCUT2D eigenvalue weighted by Crippen LogP contribution is 2.29. The standard InChI is InChI=1S/C18H22O/c1-14(2)17-10-3-4-11-18(17)16-9-5-7-15(13-16)8-6-12-19/h3-5,7,9-11,13-14,19H,6,8,12H2,1-2H3. The van der Waals surface area contributed by atoms with Crippen molar-refractivity contribution in [2.75, 3.05) is 6.61 Å². The Morgan fingerprint density at radius 3 is 2.53 bits per heavy atom. The molecule has 2 aromatic carbocycles. The van der Waals surface area contributed by atoms with Crippen molar-refractivity contribution in [1.29, 1.82) is 0 Å². The van der Waals surface area contributed by atoms with Crippen LogP contribution in [-0.2, 0) is 6.42 Å². The Kier molecular flexibility index (Phi) is 4.75. The molecule has 2 rings (SSSR count). The molecule has 0 amide bonds. The lowest BCUT2D eigenvalue weighted by atomic mass is 9.91. The van der Waals surface area contributed by atoms with Gasteiger partial charge in [-0.3, -0.25) is 0 Å². The molecule has 19 heavy (non-hydrogen) atoms. The number of hydrogen-bond donors (Lipinski definition) is 1. The van der Waals surface area contributed by atoms with Crippen LogP contribution in [0, 0.1) is 0 Å². The molecule has 0 saturated heterocycles. The van der Waals surface area contributed by atoms with E-state index >= 15 is 0 Å². The summed E-state index contributed by atoms with van der Waals surface area (Å²) in [4.78, 5) is 0. The van der Waals surface area contributed by atoms with Crippen molar-refractivity contribution in [3.05, 3.63) is 59.7 Å². The number of aliphatic hydroxyl groups is 1. The van der Waals surface area contributed by atoms with Gasteiger partial charge in [-0.05, 0) is 41.0 Å². The Morgan fingerprint density at radius 2 is 1.79 bits per heavy atom. The molecule has 0 spiro atoms. The minimum absolute atomic E-state index is 0.257. The third-order valence-electron chi connectivity index (χ3n) is 3.44. The first-order valence-electron chi connectivity index (χ1n) is 7.01. The van der Waals surface area contributed by atoms with Crippen molar-refractivity contribution >= 4 is 0 Å². The van der Waals surface area contributed by atoms with E-state index in [4.69, 9.17) is 5.11 Å². The summed E-state index contributed by atoms with van der Waals surface area (Å²) in [7, 11) is 0. The van der Waals surface area contributed by atoms with Gasteiger partial charge in [0.2, 0.25) is 0 Å². The number of benzene rings is 2. The molecule has 0 aliphatic carbocycles. The second-order valence-electron chi connectivity index (χ2n) is 5.27. The lowest BCUT2D eigenvalue weighted by Gasteiger charge is -2.13. The number of rotatable bonds is 5. The number of hydrogen-bond acceptors (Lipinski definition) is 1. The van der Waals surface area contributed by atoms with Crippen molar-refractivity contribution in [1.82, 2.24) is 0 Å². The van der Waals surface area contributed by atoms with Crippen LogP contribution in [0.2, 0.25) is 0 Å². The highest BCUT2D eigenvalue weighted by atomic mass is 16.2. The maximum atomic E-state index is 8.93. The lowest BCUT2D eigenvalue weighted by Crippen LogP contribution is -1.94. The fourth-order valence-corrected chi connectivity index (χ4v) is 2.44. The van der Waals surface area contributed by atoms with E-state index in [0.29, 0.717) is 5.92 Å². The van der Waals surface area contributed by atoms with Gasteiger partial charge in [0.1, 0.15) is 0 Å². The van der Waals surface area contributed by atoms with Crippen molar-refractivity contribution in [2.45, 2.75) is 32.6 Å². The van der Waals surface area contributed by atoms with Crippen LogP contribution < -0.4 is 0 Å². The first kappa shape index (κ1) is 13.8. The molecule has 100 valence electrons. The lowest BCUT2D eigenvalue weighted by molar-refractivity contribution is 0.288. The summed E-state index contributed by atoms with van der Waals surface area (Å²) in [5.74, 6) is 0.525. The van der Waals surface area contributed by atoms with Crippen molar-refractivity contribution < 1.29 is 5.11 Å². The minimum atomic E-state index is 0.257. The van der Waals surface area contributed by atoms with Gasteiger partial charge in [-0.25, -0.2) is 0 Å². The minimum Gasteiger partial charge on any atom is -0.396 e. The van der Waals surface area contributed by atoms with Gasteiger partial charge in [-0.2, -0.15) is 0 Å². The Bertz CT molecular complexity index is 529. The van der Waals surface area contributed by atoms with Gasteiger partial charge in [-0.15, -0.1) is 0 Å². The second-order valence-corrected chi connectivity index (χ2v) is 5.27. The van der Waals surface area contributed by atoms with E-state index in [1.165, 1.54) is 22.3 Å². The zero-order valence-corrected chi connectivity index (χ0v) is 11.8. The maximum Gasteiger partial charge on any atom is 0.0434 e. The van der Waals surface area contributed by atoms with Gasteiger partial charge in [0.25, 0.3) is 0 Å². The summed E-state index contributed by atoms with van der Waals surface area (Å²) < 4.78 is 0. The first-order valence-corrected chi connectivity index (χ1v) is 7.01. The monoisotopic (exact) mass is 254 g/mol. The molecule has 0 atom stereocenters. The highest BCUT2D eigenvalue weighted by molar-refractivity contribution is 5.68. The molecule has 0 bridgehead atoms. The third kappa shape index (κ3) is 3.45. The molecule has 0 saturated carbocycles. The van der Waals surface area contributed by atoms with E-state index < -0.39 is 0 Å². The molecule has 0 unspecified atom stereocenters. The summed E-state index contributed by atoms with van der Waals surface area (Å²) >= 11 is 0. The molecular formula is C18H22O. The van der Waals surface area contributed by atoms with Crippen LogP contribution in [0.5, 0.6) is 0 Å². The van der Waals surface area contributed by atoms with Gasteiger partial charge in [0.05, 0.1) is 0 Å². The molecule has 0 radical (unpaired) electrons. The smallest absolute Gasteiger partial charge is 0.0434 e. The summed E-state index contributed by atoms with van der Waals surface area (Å²) in [6, 6.07) is 17.3. The van der Waals surface area contributed by atoms with E-state index in [0.717, 1.165) is 12.8 Å². The number of aliphatic hydroxyl groups excluding tert-OH is 1. The Morgan fingerprint density at radius 1 is 1.00 bits per heavy atom. The van der Waals surface area contributed by atoms with E-state index in [1.54, 1.807) is 0 Å². The van der Waals surface area contributed by atoms with Gasteiger partial charge in [0, 0.05) is 6.61 Å². The van der Waals surface area contributed by atoms with Crippen molar-refractivity contribution in [3.63, 3.8) is 0 Å². The Hall–Kier alpha value is -1.60. The van der Waals surface area contributed by atoms with Crippen LogP contribution in [-0.4, -0.2) is 11.7 Å². The van der Waals surface area contributed by atoms with Crippen LogP contribution >= 0.6 is 0 Å². The highest BCUT2D eigenvalue weighted by Gasteiger charge is 2.08. The fraction of sp³-hybridized carbons (Fsp3) is 0.333. The normalized spacial score (nSPS) is 10.9. The van der Waals surface area contributed by atoms with E-state index in [1.807, 2.05) is 0 Å². The van der Waals surface area contributed by atoms with Gasteiger partial charge < -0.3 is 5.11 Å². The molecule has 1 N–H and O–H groups in total.